The van der Waals surface area contributed by atoms with Gasteiger partial charge in [0.15, 0.2) is 0 Å². The monoisotopic (exact) mass is 299 g/mol. The molecule has 1 aromatic carbocycles. The van der Waals surface area contributed by atoms with Crippen LogP contribution in [0.4, 0.5) is 10.5 Å². The summed E-state index contributed by atoms with van der Waals surface area (Å²) in [4.78, 5) is 14.0. The number of hydrogen-bond acceptors (Lipinski definition) is 3. The molecule has 102 valence electrons. The van der Waals surface area contributed by atoms with Crippen LogP contribution in [0, 0.1) is 0 Å². The van der Waals surface area contributed by atoms with Crippen LogP contribution in [0.3, 0.4) is 0 Å². The highest BCUT2D eigenvalue weighted by atomic mass is 35.5. The van der Waals surface area contributed by atoms with Crippen molar-refractivity contribution in [1.29, 1.82) is 0 Å². The topological polar surface area (TPSA) is 67.6 Å². The predicted molar refractivity (Wildman–Crippen MR) is 78.8 cm³/mol. The van der Waals surface area contributed by atoms with Gasteiger partial charge in [-0.05, 0) is 12.1 Å². The molecule has 2 rings (SSSR count). The number of carbonyl (C=O) groups excluding carboxylic acids is 1. The molecule has 0 radical (unpaired) electrons. The predicted octanol–water partition coefficient (Wildman–Crippen LogP) is 1.84. The average molecular weight is 300 g/mol. The zero-order valence-electron chi connectivity index (χ0n) is 10.2. The van der Waals surface area contributed by atoms with Crippen molar-refractivity contribution in [1.82, 2.24) is 4.90 Å². The molecule has 0 spiro atoms. The van der Waals surface area contributed by atoms with Gasteiger partial charge in [0, 0.05) is 18.7 Å². The number of benzene rings is 1. The average Bonchev–Trinajstić information content (AvgIpc) is 2.42. The van der Waals surface area contributed by atoms with Crippen molar-refractivity contribution in [3.63, 3.8) is 0 Å². The third kappa shape index (κ3) is 3.56. The van der Waals surface area contributed by atoms with Crippen LogP contribution in [0.2, 0.25) is 5.02 Å². The number of nitrogens with one attached hydrogen (secondary N) is 1. The van der Waals surface area contributed by atoms with Crippen molar-refractivity contribution >= 4 is 40.5 Å². The Morgan fingerprint density at radius 2 is 2.11 bits per heavy atom. The molecule has 1 aliphatic rings. The number of carbonyl (C=O) groups is 1. The van der Waals surface area contributed by atoms with Crippen LogP contribution >= 0.6 is 23.8 Å². The van der Waals surface area contributed by atoms with Gasteiger partial charge in [-0.25, -0.2) is 4.79 Å². The number of rotatable bonds is 2. The van der Waals surface area contributed by atoms with Gasteiger partial charge in [0.1, 0.15) is 4.99 Å². The molecule has 0 aliphatic carbocycles. The molecule has 3 N–H and O–H groups in total. The highest BCUT2D eigenvalue weighted by Gasteiger charge is 2.17. The normalized spacial score (nSPS) is 15.1. The van der Waals surface area contributed by atoms with Gasteiger partial charge in [-0.2, -0.15) is 0 Å². The third-order valence-corrected chi connectivity index (χ3v) is 3.36. The molecule has 1 saturated heterocycles. The minimum atomic E-state index is -0.203. The minimum Gasteiger partial charge on any atom is -0.389 e. The number of nitrogens with two attached hydrogens (primary N) is 1. The van der Waals surface area contributed by atoms with E-state index in [4.69, 9.17) is 34.3 Å². The second-order valence-electron chi connectivity index (χ2n) is 4.09. The molecular weight excluding hydrogens is 286 g/mol. The van der Waals surface area contributed by atoms with E-state index in [1.165, 1.54) is 0 Å². The van der Waals surface area contributed by atoms with Gasteiger partial charge in [0.25, 0.3) is 0 Å². The lowest BCUT2D eigenvalue weighted by atomic mass is 10.2. The second kappa shape index (κ2) is 6.18. The van der Waals surface area contributed by atoms with E-state index in [1.807, 2.05) is 0 Å². The van der Waals surface area contributed by atoms with Crippen LogP contribution in [0.5, 0.6) is 0 Å². The fourth-order valence-electron chi connectivity index (χ4n) is 1.74. The lowest BCUT2D eigenvalue weighted by molar-refractivity contribution is 0.0564. The number of amides is 2. The molecule has 5 nitrogen and oxygen atoms in total. The minimum absolute atomic E-state index is 0.203. The number of ether oxygens (including phenoxy) is 1. The summed E-state index contributed by atoms with van der Waals surface area (Å²) in [7, 11) is 0. The quantitative estimate of drug-likeness (QED) is 0.818. The Hall–Kier alpha value is -1.37. The Morgan fingerprint density at radius 1 is 1.42 bits per heavy atom. The van der Waals surface area contributed by atoms with Crippen LogP contribution in [0.1, 0.15) is 5.56 Å². The van der Waals surface area contributed by atoms with E-state index in [9.17, 15) is 4.79 Å². The summed E-state index contributed by atoms with van der Waals surface area (Å²) in [6.45, 7) is 2.24. The van der Waals surface area contributed by atoms with Gasteiger partial charge in [0.2, 0.25) is 0 Å². The molecule has 19 heavy (non-hydrogen) atoms. The molecule has 1 heterocycles. The number of morpholine rings is 1. The zero-order chi connectivity index (χ0) is 13.8. The van der Waals surface area contributed by atoms with Crippen molar-refractivity contribution in [2.24, 2.45) is 5.73 Å². The van der Waals surface area contributed by atoms with Crippen LogP contribution in [0.25, 0.3) is 0 Å². The fourth-order valence-corrected chi connectivity index (χ4v) is 2.03. The maximum atomic E-state index is 12.0. The highest BCUT2D eigenvalue weighted by molar-refractivity contribution is 7.80. The van der Waals surface area contributed by atoms with E-state index >= 15 is 0 Å². The van der Waals surface area contributed by atoms with Crippen LogP contribution in [-0.4, -0.2) is 42.2 Å². The highest BCUT2D eigenvalue weighted by Crippen LogP contribution is 2.23. The maximum absolute atomic E-state index is 12.0. The standard InChI is InChI=1S/C12H14ClN3O2S/c13-9-2-1-8(11(14)19)7-10(9)15-12(17)16-3-5-18-6-4-16/h1-2,7H,3-6H2,(H2,14,19)(H,15,17). The first-order valence-electron chi connectivity index (χ1n) is 5.81. The van der Waals surface area contributed by atoms with Crippen molar-refractivity contribution < 1.29 is 9.53 Å². The summed E-state index contributed by atoms with van der Waals surface area (Å²) < 4.78 is 5.19. The Labute approximate surface area is 121 Å². The third-order valence-electron chi connectivity index (χ3n) is 2.79. The first-order valence-corrected chi connectivity index (χ1v) is 6.59. The molecule has 0 unspecified atom stereocenters. The second-order valence-corrected chi connectivity index (χ2v) is 4.94. The summed E-state index contributed by atoms with van der Waals surface area (Å²) in [5.74, 6) is 0. The van der Waals surface area contributed by atoms with Gasteiger partial charge < -0.3 is 20.7 Å². The summed E-state index contributed by atoms with van der Waals surface area (Å²) >= 11 is 10.9. The molecule has 1 aromatic rings. The largest absolute Gasteiger partial charge is 0.389 e. The van der Waals surface area contributed by atoms with Crippen LogP contribution in [-0.2, 0) is 4.74 Å². The molecule has 0 saturated carbocycles. The van der Waals surface area contributed by atoms with Gasteiger partial charge in [-0.1, -0.05) is 29.9 Å². The van der Waals surface area contributed by atoms with Crippen molar-refractivity contribution in [2.75, 3.05) is 31.6 Å². The van der Waals surface area contributed by atoms with Crippen molar-refractivity contribution in [3.05, 3.63) is 28.8 Å². The van der Waals surface area contributed by atoms with Crippen LogP contribution < -0.4 is 11.1 Å². The number of hydrogen-bond donors (Lipinski definition) is 2. The molecule has 7 heteroatoms. The summed E-state index contributed by atoms with van der Waals surface area (Å²) in [6, 6.07) is 4.84. The van der Waals surface area contributed by atoms with Crippen LogP contribution in [0.15, 0.2) is 18.2 Å². The molecular formula is C12H14ClN3O2S. The Kier molecular flexibility index (Phi) is 4.57. The Bertz CT molecular complexity index is 504. The maximum Gasteiger partial charge on any atom is 0.322 e. The first kappa shape index (κ1) is 14.0. The van der Waals surface area contributed by atoms with Gasteiger partial charge in [0.05, 0.1) is 23.9 Å². The van der Waals surface area contributed by atoms with Crippen molar-refractivity contribution in [2.45, 2.75) is 0 Å². The number of anilines is 1. The number of nitrogens with zero attached hydrogens (tertiary/aromatic N) is 1. The lowest BCUT2D eigenvalue weighted by Crippen LogP contribution is -2.43. The van der Waals surface area contributed by atoms with E-state index in [-0.39, 0.29) is 11.0 Å². The Balaban J connectivity index is 2.11. The molecule has 2 amide bonds. The summed E-state index contributed by atoms with van der Waals surface area (Å²) in [6.07, 6.45) is 0. The van der Waals surface area contributed by atoms with E-state index < -0.39 is 0 Å². The van der Waals surface area contributed by atoms with Gasteiger partial charge in [-0.15, -0.1) is 0 Å². The molecule has 1 fully saturated rings. The first-order chi connectivity index (χ1) is 9.08. The van der Waals surface area contributed by atoms with Crippen molar-refractivity contribution in [3.8, 4) is 0 Å². The zero-order valence-corrected chi connectivity index (χ0v) is 11.8. The molecule has 0 atom stereocenters. The molecule has 0 aromatic heterocycles. The summed E-state index contributed by atoms with van der Waals surface area (Å²) in [5, 5.41) is 3.21. The van der Waals surface area contributed by atoms with E-state index in [0.29, 0.717) is 42.6 Å². The summed E-state index contributed by atoms with van der Waals surface area (Å²) in [5.41, 5.74) is 6.72. The Morgan fingerprint density at radius 3 is 2.74 bits per heavy atom. The number of halogens is 1. The van der Waals surface area contributed by atoms with E-state index in [2.05, 4.69) is 5.32 Å². The van der Waals surface area contributed by atoms with E-state index in [0.717, 1.165) is 0 Å². The SMILES string of the molecule is NC(=S)c1ccc(Cl)c(NC(=O)N2CCOCC2)c1. The number of thiocarbonyl (C=S) groups is 1. The lowest BCUT2D eigenvalue weighted by Gasteiger charge is -2.27. The van der Waals surface area contributed by atoms with Gasteiger partial charge in [-0.3, -0.25) is 0 Å². The number of urea groups is 1. The molecule has 0 bridgehead atoms. The fraction of sp³-hybridized carbons (Fsp3) is 0.333. The molecule has 1 aliphatic heterocycles. The van der Waals surface area contributed by atoms with Gasteiger partial charge >= 0.3 is 6.03 Å². The smallest absolute Gasteiger partial charge is 0.322 e. The van der Waals surface area contributed by atoms with E-state index in [1.54, 1.807) is 23.1 Å².